The maximum Gasteiger partial charge on any atom is 0.417 e. The van der Waals surface area contributed by atoms with Gasteiger partial charge in [0.05, 0.1) is 5.56 Å². The fourth-order valence-electron chi connectivity index (χ4n) is 1.57. The Hall–Kier alpha value is -2.45. The molecule has 0 aromatic carbocycles. The predicted octanol–water partition coefficient (Wildman–Crippen LogP) is 1.67. The van der Waals surface area contributed by atoms with Gasteiger partial charge in [0.25, 0.3) is 0 Å². The molecule has 1 aliphatic heterocycles. The number of hydrogen-bond acceptors (Lipinski definition) is 4. The van der Waals surface area contributed by atoms with Gasteiger partial charge in [-0.25, -0.2) is 9.78 Å². The highest BCUT2D eigenvalue weighted by molar-refractivity contribution is 6.37. The zero-order valence-corrected chi connectivity index (χ0v) is 9.89. The summed E-state index contributed by atoms with van der Waals surface area (Å²) in [6, 6.07) is 1.72. The molecule has 1 amide bonds. The summed E-state index contributed by atoms with van der Waals surface area (Å²) in [5.41, 5.74) is -1.21. The van der Waals surface area contributed by atoms with Crippen LogP contribution in [0.2, 0.25) is 0 Å². The molecular formula is C11H8F3N3O3. The lowest BCUT2D eigenvalue weighted by Gasteiger charge is -2.21. The lowest BCUT2D eigenvalue weighted by atomic mass is 10.1. The average Bonchev–Trinajstić information content (AvgIpc) is 2.38. The van der Waals surface area contributed by atoms with E-state index in [1.807, 2.05) is 0 Å². The van der Waals surface area contributed by atoms with Gasteiger partial charge in [-0.15, -0.1) is 0 Å². The van der Waals surface area contributed by atoms with Crippen molar-refractivity contribution in [3.63, 3.8) is 0 Å². The van der Waals surface area contributed by atoms with Crippen LogP contribution in [0.25, 0.3) is 0 Å². The Kier molecular flexibility index (Phi) is 3.43. The molecular weight excluding hydrogens is 279 g/mol. The van der Waals surface area contributed by atoms with E-state index in [2.05, 4.69) is 10.1 Å². The summed E-state index contributed by atoms with van der Waals surface area (Å²) in [5.74, 6) is -1.96. The maximum atomic E-state index is 12.4. The molecule has 0 atom stereocenters. The quantitative estimate of drug-likeness (QED) is 0.896. The molecule has 0 saturated heterocycles. The standard InChI is InChI=1S/C11H8F3N3O3/c12-11(13,14)6-1-3-8(15-5-6)17-9(18)4-2-7(16-17)10(19)20/h1,3,5H,2,4H2,(H,19,20). The number of nitrogens with zero attached hydrogens (tertiary/aromatic N) is 3. The summed E-state index contributed by atoms with van der Waals surface area (Å²) >= 11 is 0. The van der Waals surface area contributed by atoms with E-state index in [0.29, 0.717) is 11.2 Å². The van der Waals surface area contributed by atoms with Gasteiger partial charge in [0.1, 0.15) is 5.71 Å². The highest BCUT2D eigenvalue weighted by Gasteiger charge is 2.32. The Balaban J connectivity index is 2.32. The zero-order chi connectivity index (χ0) is 14.9. The maximum absolute atomic E-state index is 12.4. The summed E-state index contributed by atoms with van der Waals surface area (Å²) in [5, 5.41) is 13.1. The van der Waals surface area contributed by atoms with E-state index in [1.54, 1.807) is 0 Å². The van der Waals surface area contributed by atoms with Crippen LogP contribution in [0.1, 0.15) is 18.4 Å². The molecule has 0 spiro atoms. The fraction of sp³-hybridized carbons (Fsp3) is 0.273. The third-order valence-corrected chi connectivity index (χ3v) is 2.57. The van der Waals surface area contributed by atoms with Crippen LogP contribution in [0.5, 0.6) is 0 Å². The normalized spacial score (nSPS) is 16.1. The van der Waals surface area contributed by atoms with E-state index < -0.39 is 23.6 Å². The van der Waals surface area contributed by atoms with Crippen molar-refractivity contribution in [1.29, 1.82) is 0 Å². The lowest BCUT2D eigenvalue weighted by molar-refractivity contribution is -0.137. The van der Waals surface area contributed by atoms with Crippen LogP contribution in [0.3, 0.4) is 0 Å². The van der Waals surface area contributed by atoms with Gasteiger partial charge in [-0.2, -0.15) is 23.3 Å². The molecule has 1 aromatic rings. The third-order valence-electron chi connectivity index (χ3n) is 2.57. The van der Waals surface area contributed by atoms with Gasteiger partial charge in [0.2, 0.25) is 5.91 Å². The Morgan fingerprint density at radius 2 is 2.00 bits per heavy atom. The van der Waals surface area contributed by atoms with Gasteiger partial charge < -0.3 is 5.11 Å². The second-order valence-electron chi connectivity index (χ2n) is 3.96. The van der Waals surface area contributed by atoms with Crippen LogP contribution < -0.4 is 5.01 Å². The number of hydrogen-bond donors (Lipinski definition) is 1. The van der Waals surface area contributed by atoms with E-state index in [9.17, 15) is 22.8 Å². The number of carboxylic acid groups (broad SMARTS) is 1. The van der Waals surface area contributed by atoms with Crippen LogP contribution in [-0.2, 0) is 15.8 Å². The summed E-state index contributed by atoms with van der Waals surface area (Å²) in [7, 11) is 0. The molecule has 0 bridgehead atoms. The molecule has 2 heterocycles. The first-order chi connectivity index (χ1) is 9.29. The number of halogens is 3. The van der Waals surface area contributed by atoms with Crippen molar-refractivity contribution < 1.29 is 27.9 Å². The van der Waals surface area contributed by atoms with Gasteiger partial charge in [-0.1, -0.05) is 0 Å². The number of carbonyl (C=O) groups is 2. The molecule has 0 radical (unpaired) electrons. The fourth-order valence-corrected chi connectivity index (χ4v) is 1.57. The molecule has 0 saturated carbocycles. The largest absolute Gasteiger partial charge is 0.477 e. The summed E-state index contributed by atoms with van der Waals surface area (Å²) in [6.07, 6.45) is -4.08. The third kappa shape index (κ3) is 2.76. The molecule has 1 aliphatic rings. The molecule has 0 unspecified atom stereocenters. The lowest BCUT2D eigenvalue weighted by Crippen LogP contribution is -2.34. The first kappa shape index (κ1) is 14.0. The minimum Gasteiger partial charge on any atom is -0.477 e. The number of hydrazone groups is 1. The van der Waals surface area contributed by atoms with Gasteiger partial charge >= 0.3 is 12.1 Å². The predicted molar refractivity (Wildman–Crippen MR) is 61.0 cm³/mol. The van der Waals surface area contributed by atoms with Gasteiger partial charge in [0.15, 0.2) is 5.82 Å². The number of anilines is 1. The number of amides is 1. The Labute approximate surface area is 110 Å². The van der Waals surface area contributed by atoms with Crippen molar-refractivity contribution in [3.05, 3.63) is 23.9 Å². The summed E-state index contributed by atoms with van der Waals surface area (Å²) in [4.78, 5) is 25.9. The summed E-state index contributed by atoms with van der Waals surface area (Å²) in [6.45, 7) is 0. The van der Waals surface area contributed by atoms with E-state index in [0.717, 1.165) is 12.1 Å². The Bertz CT molecular complexity index is 581. The molecule has 1 N–H and O–H groups in total. The van der Waals surface area contributed by atoms with Gasteiger partial charge in [-0.3, -0.25) is 4.79 Å². The molecule has 6 nitrogen and oxygen atoms in total. The number of carbonyl (C=O) groups excluding carboxylic acids is 1. The van der Waals surface area contributed by atoms with E-state index in [-0.39, 0.29) is 24.4 Å². The van der Waals surface area contributed by atoms with Crippen molar-refractivity contribution in [1.82, 2.24) is 4.98 Å². The number of aromatic nitrogens is 1. The average molecular weight is 287 g/mol. The van der Waals surface area contributed by atoms with Crippen molar-refractivity contribution in [2.24, 2.45) is 5.10 Å². The van der Waals surface area contributed by atoms with E-state index in [1.165, 1.54) is 0 Å². The minimum atomic E-state index is -4.53. The number of alkyl halides is 3. The zero-order valence-electron chi connectivity index (χ0n) is 9.89. The minimum absolute atomic E-state index is 0.0225. The topological polar surface area (TPSA) is 82.9 Å². The van der Waals surface area contributed by atoms with Crippen molar-refractivity contribution in [3.8, 4) is 0 Å². The summed E-state index contributed by atoms with van der Waals surface area (Å²) < 4.78 is 37.1. The SMILES string of the molecule is O=C(O)C1=NN(c2ccc(C(F)(F)F)cn2)C(=O)CC1. The van der Waals surface area contributed by atoms with Crippen LogP contribution >= 0.6 is 0 Å². The number of aliphatic carboxylic acids is 1. The van der Waals surface area contributed by atoms with Gasteiger partial charge in [-0.05, 0) is 12.1 Å². The molecule has 9 heteroatoms. The number of rotatable bonds is 2. The van der Waals surface area contributed by atoms with Crippen LogP contribution in [0.4, 0.5) is 19.0 Å². The van der Waals surface area contributed by atoms with Crippen LogP contribution in [0.15, 0.2) is 23.4 Å². The smallest absolute Gasteiger partial charge is 0.417 e. The molecule has 0 aliphatic carbocycles. The first-order valence-electron chi connectivity index (χ1n) is 5.46. The Morgan fingerprint density at radius 3 is 2.50 bits per heavy atom. The molecule has 1 aromatic heterocycles. The monoisotopic (exact) mass is 287 g/mol. The van der Waals surface area contributed by atoms with Crippen molar-refractivity contribution >= 4 is 23.4 Å². The Morgan fingerprint density at radius 1 is 1.30 bits per heavy atom. The highest BCUT2D eigenvalue weighted by Crippen LogP contribution is 2.29. The van der Waals surface area contributed by atoms with Crippen molar-refractivity contribution in [2.45, 2.75) is 19.0 Å². The molecule has 20 heavy (non-hydrogen) atoms. The second kappa shape index (κ2) is 4.91. The number of pyridine rings is 1. The highest BCUT2D eigenvalue weighted by atomic mass is 19.4. The number of carboxylic acids is 1. The van der Waals surface area contributed by atoms with Gasteiger partial charge in [0, 0.05) is 19.0 Å². The van der Waals surface area contributed by atoms with Crippen molar-refractivity contribution in [2.75, 3.05) is 5.01 Å². The molecule has 2 rings (SSSR count). The second-order valence-corrected chi connectivity index (χ2v) is 3.96. The van der Waals surface area contributed by atoms with E-state index >= 15 is 0 Å². The van der Waals surface area contributed by atoms with Crippen LogP contribution in [0, 0.1) is 0 Å². The first-order valence-corrected chi connectivity index (χ1v) is 5.46. The molecule has 106 valence electrons. The van der Waals surface area contributed by atoms with Crippen LogP contribution in [-0.4, -0.2) is 27.7 Å². The molecule has 0 fully saturated rings. The van der Waals surface area contributed by atoms with E-state index in [4.69, 9.17) is 5.11 Å².